The first kappa shape index (κ1) is 13.5. The molecule has 1 nitrogen and oxygen atoms in total. The minimum absolute atomic E-state index is 1.04. The largest absolute Gasteiger partial charge is 0.214 e. The maximum atomic E-state index is 3.41. The molecular weight excluding hydrogens is 278 g/mol. The molecule has 0 fully saturated rings. The van der Waals surface area contributed by atoms with Gasteiger partial charge in [-0.1, -0.05) is 54.3 Å². The zero-order valence-electron chi connectivity index (χ0n) is 13.0. The third kappa shape index (κ3) is 2.35. The second-order valence-corrected chi connectivity index (χ2v) is 5.58. The highest BCUT2D eigenvalue weighted by atomic mass is 14.9. The minimum Gasteiger partial charge on any atom is -0.194 e. The number of aromatic nitrogens is 1. The predicted octanol–water partition coefficient (Wildman–Crippen LogP) is 4.22. The van der Waals surface area contributed by atoms with Gasteiger partial charge < -0.3 is 0 Å². The summed E-state index contributed by atoms with van der Waals surface area (Å²) in [7, 11) is 2.11. The Morgan fingerprint density at radius 3 is 1.74 bits per heavy atom. The van der Waals surface area contributed by atoms with Crippen LogP contribution in [0.25, 0.3) is 21.8 Å². The van der Waals surface area contributed by atoms with Crippen molar-refractivity contribution < 1.29 is 4.57 Å². The third-order valence-corrected chi connectivity index (χ3v) is 4.18. The van der Waals surface area contributed by atoms with Crippen LogP contribution in [0.1, 0.15) is 11.1 Å². The number of para-hydroxylation sites is 2. The highest BCUT2D eigenvalue weighted by Gasteiger charge is 2.15. The zero-order valence-corrected chi connectivity index (χ0v) is 13.0. The molecule has 0 radical (unpaired) electrons. The lowest BCUT2D eigenvalue weighted by Gasteiger charge is -2.05. The van der Waals surface area contributed by atoms with E-state index in [4.69, 9.17) is 0 Å². The van der Waals surface area contributed by atoms with Gasteiger partial charge in [0.15, 0.2) is 0 Å². The molecule has 0 N–H and O–H groups in total. The average molecular weight is 294 g/mol. The van der Waals surface area contributed by atoms with Crippen molar-refractivity contribution in [3.8, 4) is 11.8 Å². The summed E-state index contributed by atoms with van der Waals surface area (Å²) in [6.07, 6.45) is 0. The number of aryl methyl sites for hydroxylation is 1. The molecule has 1 heteroatoms. The summed E-state index contributed by atoms with van der Waals surface area (Å²) in [6.45, 7) is 0. The topological polar surface area (TPSA) is 3.88 Å². The first-order valence-corrected chi connectivity index (χ1v) is 7.71. The summed E-state index contributed by atoms with van der Waals surface area (Å²) in [5.41, 5.74) is 4.53. The molecule has 0 aliphatic heterocycles. The van der Waals surface area contributed by atoms with E-state index in [1.54, 1.807) is 0 Å². The Labute approximate surface area is 135 Å². The van der Waals surface area contributed by atoms with Crippen molar-refractivity contribution in [1.82, 2.24) is 0 Å². The number of fused-ring (bicyclic) bond motifs is 2. The highest BCUT2D eigenvalue weighted by Crippen LogP contribution is 2.23. The van der Waals surface area contributed by atoms with E-state index in [0.29, 0.717) is 0 Å². The van der Waals surface area contributed by atoms with Gasteiger partial charge in [0.05, 0.1) is 16.3 Å². The van der Waals surface area contributed by atoms with Gasteiger partial charge in [-0.15, -0.1) is 0 Å². The van der Waals surface area contributed by atoms with Crippen LogP contribution < -0.4 is 4.57 Å². The second-order valence-electron chi connectivity index (χ2n) is 5.58. The van der Waals surface area contributed by atoms with E-state index in [1.807, 2.05) is 30.3 Å². The molecule has 0 amide bonds. The zero-order chi connectivity index (χ0) is 15.6. The fraction of sp³-hybridized carbons (Fsp3) is 0.0455. The summed E-state index contributed by atoms with van der Waals surface area (Å²) >= 11 is 0. The molecule has 0 saturated carbocycles. The Morgan fingerprint density at radius 2 is 1.13 bits per heavy atom. The first-order chi connectivity index (χ1) is 11.3. The van der Waals surface area contributed by atoms with Gasteiger partial charge in [0, 0.05) is 17.7 Å². The normalized spacial score (nSPS) is 10.5. The van der Waals surface area contributed by atoms with Crippen LogP contribution in [0.4, 0.5) is 0 Å². The lowest BCUT2D eigenvalue weighted by atomic mass is 10.0. The Bertz CT molecular complexity index is 1010. The van der Waals surface area contributed by atoms with Crippen LogP contribution in [0.3, 0.4) is 0 Å². The van der Waals surface area contributed by atoms with E-state index >= 15 is 0 Å². The minimum atomic E-state index is 1.04. The molecule has 1 heterocycles. The number of benzene rings is 3. The van der Waals surface area contributed by atoms with Crippen LogP contribution in [0, 0.1) is 11.8 Å². The number of nitrogens with zero attached hydrogens (tertiary/aromatic N) is 1. The Kier molecular flexibility index (Phi) is 3.29. The summed E-state index contributed by atoms with van der Waals surface area (Å²) in [4.78, 5) is 0. The van der Waals surface area contributed by atoms with E-state index in [9.17, 15) is 0 Å². The van der Waals surface area contributed by atoms with Gasteiger partial charge in [-0.3, -0.25) is 0 Å². The van der Waals surface area contributed by atoms with E-state index in [1.165, 1.54) is 21.8 Å². The van der Waals surface area contributed by atoms with Crippen LogP contribution in [-0.2, 0) is 7.05 Å². The Morgan fingerprint density at radius 1 is 0.609 bits per heavy atom. The monoisotopic (exact) mass is 294 g/mol. The number of pyridine rings is 1. The van der Waals surface area contributed by atoms with E-state index < -0.39 is 0 Å². The van der Waals surface area contributed by atoms with Crippen LogP contribution >= 0.6 is 0 Å². The average Bonchev–Trinajstić information content (AvgIpc) is 2.63. The molecule has 0 aliphatic rings. The molecule has 0 aliphatic carbocycles. The van der Waals surface area contributed by atoms with Gasteiger partial charge >= 0.3 is 0 Å². The number of rotatable bonds is 0. The number of hydrogen-bond donors (Lipinski definition) is 0. The van der Waals surface area contributed by atoms with Crippen molar-refractivity contribution in [1.29, 1.82) is 0 Å². The van der Waals surface area contributed by atoms with E-state index in [-0.39, 0.29) is 0 Å². The molecule has 4 aromatic rings. The third-order valence-electron chi connectivity index (χ3n) is 4.18. The fourth-order valence-corrected chi connectivity index (χ4v) is 3.02. The summed E-state index contributed by atoms with van der Waals surface area (Å²) < 4.78 is 2.23. The van der Waals surface area contributed by atoms with Crippen LogP contribution in [0.15, 0.2) is 78.9 Å². The van der Waals surface area contributed by atoms with Gasteiger partial charge in [0.25, 0.3) is 0 Å². The first-order valence-electron chi connectivity index (χ1n) is 7.71. The molecule has 0 spiro atoms. The lowest BCUT2D eigenvalue weighted by molar-refractivity contribution is -0.617. The lowest BCUT2D eigenvalue weighted by Crippen LogP contribution is -2.30. The molecule has 23 heavy (non-hydrogen) atoms. The fourth-order valence-electron chi connectivity index (χ4n) is 3.02. The molecule has 1 aromatic heterocycles. The SMILES string of the molecule is C[n+]1c2ccccc2c(C#Cc2ccccc2)c2ccccc21. The quantitative estimate of drug-likeness (QED) is 0.260. The molecule has 4 rings (SSSR count). The van der Waals surface area contributed by atoms with Gasteiger partial charge in [-0.2, -0.15) is 4.57 Å². The van der Waals surface area contributed by atoms with Crippen molar-refractivity contribution in [2.45, 2.75) is 0 Å². The molecule has 0 saturated heterocycles. The van der Waals surface area contributed by atoms with E-state index in [0.717, 1.165) is 11.1 Å². The Hall–Kier alpha value is -3.11. The summed E-state index contributed by atoms with van der Waals surface area (Å²) in [5.74, 6) is 6.72. The maximum Gasteiger partial charge on any atom is 0.214 e. The van der Waals surface area contributed by atoms with Crippen molar-refractivity contribution in [3.05, 3.63) is 90.0 Å². The number of hydrogen-bond acceptors (Lipinski definition) is 0. The Balaban J connectivity index is 2.08. The van der Waals surface area contributed by atoms with Crippen molar-refractivity contribution in [3.63, 3.8) is 0 Å². The van der Waals surface area contributed by atoms with Crippen molar-refractivity contribution in [2.75, 3.05) is 0 Å². The predicted molar refractivity (Wildman–Crippen MR) is 95.1 cm³/mol. The van der Waals surface area contributed by atoms with Gasteiger partial charge in [0.2, 0.25) is 11.0 Å². The van der Waals surface area contributed by atoms with Crippen LogP contribution in [0.2, 0.25) is 0 Å². The van der Waals surface area contributed by atoms with Crippen molar-refractivity contribution >= 4 is 21.8 Å². The standard InChI is InChI=1S/C22H16N/c1-23-21-13-7-5-11-19(21)18(20-12-6-8-14-22(20)23)16-15-17-9-3-2-4-10-17/h2-14H,1H3/q+1. The van der Waals surface area contributed by atoms with Crippen LogP contribution in [0.5, 0.6) is 0 Å². The smallest absolute Gasteiger partial charge is 0.194 e. The van der Waals surface area contributed by atoms with Gasteiger partial charge in [-0.05, 0) is 24.3 Å². The van der Waals surface area contributed by atoms with Crippen molar-refractivity contribution in [2.24, 2.45) is 7.05 Å². The second kappa shape index (κ2) is 5.59. The molecule has 0 atom stereocenters. The van der Waals surface area contributed by atoms with Gasteiger partial charge in [0.1, 0.15) is 7.05 Å². The summed E-state index contributed by atoms with van der Waals surface area (Å²) in [6, 6.07) is 27.0. The molecular formula is C22H16N+. The van der Waals surface area contributed by atoms with E-state index in [2.05, 4.69) is 72.0 Å². The maximum absolute atomic E-state index is 3.41. The van der Waals surface area contributed by atoms with Gasteiger partial charge in [-0.25, -0.2) is 0 Å². The molecule has 108 valence electrons. The summed E-state index contributed by atoms with van der Waals surface area (Å²) in [5, 5.41) is 2.38. The highest BCUT2D eigenvalue weighted by molar-refractivity contribution is 5.97. The molecule has 0 bridgehead atoms. The van der Waals surface area contributed by atoms with Crippen LogP contribution in [-0.4, -0.2) is 0 Å². The molecule has 0 unspecified atom stereocenters. The molecule has 3 aromatic carbocycles.